The van der Waals surface area contributed by atoms with E-state index in [4.69, 9.17) is 19.9 Å². The van der Waals surface area contributed by atoms with Crippen molar-refractivity contribution >= 4 is 5.97 Å². The molecule has 1 unspecified atom stereocenters. The van der Waals surface area contributed by atoms with E-state index in [1.807, 2.05) is 43.3 Å². The Balaban J connectivity index is 1.67. The highest BCUT2D eigenvalue weighted by atomic mass is 16.5. The normalized spacial score (nSPS) is 14.5. The Morgan fingerprint density at radius 3 is 2.67 bits per heavy atom. The summed E-state index contributed by atoms with van der Waals surface area (Å²) in [5.41, 5.74) is 9.44. The molecule has 0 aromatic heterocycles. The van der Waals surface area contributed by atoms with E-state index in [-0.39, 0.29) is 5.88 Å². The van der Waals surface area contributed by atoms with Crippen LogP contribution >= 0.6 is 0 Å². The fraction of sp³-hybridized carbons (Fsp3) is 0.111. The number of nitrogens with two attached hydrogens (primary N) is 1. The number of esters is 1. The molecule has 0 aliphatic carbocycles. The van der Waals surface area contributed by atoms with Gasteiger partial charge in [-0.15, -0.1) is 0 Å². The molecule has 3 aromatic rings. The van der Waals surface area contributed by atoms with Crippen LogP contribution < -0.4 is 19.9 Å². The number of ether oxygens (including phenoxy) is 3. The number of fused-ring (bicyclic) bond motifs is 1. The van der Waals surface area contributed by atoms with Crippen molar-refractivity contribution in [1.29, 1.82) is 5.26 Å². The lowest BCUT2D eigenvalue weighted by atomic mass is 9.83. The fourth-order valence-corrected chi connectivity index (χ4v) is 3.64. The van der Waals surface area contributed by atoms with Crippen LogP contribution in [0.15, 0.2) is 90.8 Å². The predicted molar refractivity (Wildman–Crippen MR) is 124 cm³/mol. The summed E-state index contributed by atoms with van der Waals surface area (Å²) in [5, 5.41) is 9.77. The molecule has 0 fully saturated rings. The lowest BCUT2D eigenvalue weighted by molar-refractivity contribution is 0.0734. The lowest BCUT2D eigenvalue weighted by Gasteiger charge is -2.27. The largest absolute Gasteiger partial charge is 0.490 e. The van der Waals surface area contributed by atoms with E-state index in [2.05, 4.69) is 12.6 Å². The van der Waals surface area contributed by atoms with Crippen molar-refractivity contribution < 1.29 is 19.0 Å². The van der Waals surface area contributed by atoms with E-state index in [9.17, 15) is 10.1 Å². The van der Waals surface area contributed by atoms with Crippen molar-refractivity contribution in [1.82, 2.24) is 0 Å². The molecule has 4 rings (SSSR count). The van der Waals surface area contributed by atoms with Crippen LogP contribution in [0.2, 0.25) is 0 Å². The summed E-state index contributed by atoms with van der Waals surface area (Å²) < 4.78 is 16.9. The number of carbonyl (C=O) groups excluding carboxylic acids is 1. The van der Waals surface area contributed by atoms with E-state index < -0.39 is 11.9 Å². The van der Waals surface area contributed by atoms with E-state index in [1.54, 1.807) is 36.4 Å². The Kier molecular flexibility index (Phi) is 6.14. The van der Waals surface area contributed by atoms with Crippen LogP contribution in [0.4, 0.5) is 0 Å². The first kappa shape index (κ1) is 21.7. The van der Waals surface area contributed by atoms with E-state index in [0.29, 0.717) is 35.0 Å². The van der Waals surface area contributed by atoms with Gasteiger partial charge in [-0.3, -0.25) is 0 Å². The highest BCUT2D eigenvalue weighted by Crippen LogP contribution is 2.44. The lowest BCUT2D eigenvalue weighted by Crippen LogP contribution is -2.21. The molecule has 33 heavy (non-hydrogen) atoms. The third-order valence-electron chi connectivity index (χ3n) is 5.25. The summed E-state index contributed by atoms with van der Waals surface area (Å²) in [6.45, 7) is 5.97. The summed E-state index contributed by atoms with van der Waals surface area (Å²) in [6.07, 6.45) is 1.66. The molecular weight excluding hydrogens is 416 g/mol. The maximum atomic E-state index is 12.5. The van der Waals surface area contributed by atoms with Gasteiger partial charge in [0.1, 0.15) is 35.5 Å². The molecule has 0 spiro atoms. The van der Waals surface area contributed by atoms with Crippen LogP contribution in [0.1, 0.15) is 33.0 Å². The summed E-state index contributed by atoms with van der Waals surface area (Å²) in [7, 11) is 0. The zero-order valence-electron chi connectivity index (χ0n) is 18.1. The summed E-state index contributed by atoms with van der Waals surface area (Å²) >= 11 is 0. The van der Waals surface area contributed by atoms with E-state index >= 15 is 0 Å². The molecule has 0 bridgehead atoms. The zero-order valence-corrected chi connectivity index (χ0v) is 18.1. The van der Waals surface area contributed by atoms with Crippen LogP contribution in [0.25, 0.3) is 0 Å². The van der Waals surface area contributed by atoms with Gasteiger partial charge in [-0.25, -0.2) is 4.79 Å². The minimum atomic E-state index is -0.476. The fourth-order valence-electron chi connectivity index (χ4n) is 3.64. The number of aryl methyl sites for hydroxylation is 1. The van der Waals surface area contributed by atoms with Gasteiger partial charge in [0.2, 0.25) is 5.88 Å². The highest BCUT2D eigenvalue weighted by Gasteiger charge is 2.31. The van der Waals surface area contributed by atoms with Crippen molar-refractivity contribution in [2.45, 2.75) is 12.8 Å². The number of nitrogens with zero attached hydrogens (tertiary/aromatic N) is 1. The van der Waals surface area contributed by atoms with E-state index in [1.165, 1.54) is 0 Å². The van der Waals surface area contributed by atoms with Crippen LogP contribution in [0.5, 0.6) is 17.2 Å². The molecule has 6 heteroatoms. The maximum absolute atomic E-state index is 12.5. The van der Waals surface area contributed by atoms with Gasteiger partial charge in [-0.2, -0.15) is 5.26 Å². The van der Waals surface area contributed by atoms with Gasteiger partial charge in [-0.05, 0) is 42.8 Å². The van der Waals surface area contributed by atoms with Crippen LogP contribution in [-0.2, 0) is 0 Å². The Hall–Kier alpha value is -4.50. The Morgan fingerprint density at radius 2 is 1.94 bits per heavy atom. The molecule has 0 radical (unpaired) electrons. The third kappa shape index (κ3) is 4.58. The highest BCUT2D eigenvalue weighted by molar-refractivity contribution is 5.91. The van der Waals surface area contributed by atoms with Crippen molar-refractivity contribution in [3.05, 3.63) is 113 Å². The van der Waals surface area contributed by atoms with Gasteiger partial charge in [0, 0.05) is 11.6 Å². The predicted octanol–water partition coefficient (Wildman–Crippen LogP) is 5.00. The number of benzene rings is 3. The monoisotopic (exact) mass is 438 g/mol. The number of allylic oxidation sites excluding steroid dienone is 1. The number of hydrogen-bond acceptors (Lipinski definition) is 6. The van der Waals surface area contributed by atoms with Crippen LogP contribution in [-0.4, -0.2) is 12.6 Å². The second-order valence-corrected chi connectivity index (χ2v) is 7.55. The first-order chi connectivity index (χ1) is 16.0. The summed E-state index contributed by atoms with van der Waals surface area (Å²) in [4.78, 5) is 12.5. The standard InChI is InChI=1S/C27H22N2O4/c1-3-13-31-20-6-4-5-19(14-20)25-22-12-11-21(15-24(22)33-26(29)23(25)16-28)32-27(30)18-9-7-17(2)8-10-18/h3-12,14-15,25H,1,13,29H2,2H3. The molecule has 3 aromatic carbocycles. The molecule has 2 N–H and O–H groups in total. The van der Waals surface area contributed by atoms with E-state index in [0.717, 1.165) is 16.7 Å². The van der Waals surface area contributed by atoms with Crippen LogP contribution in [0, 0.1) is 18.3 Å². The molecule has 0 amide bonds. The van der Waals surface area contributed by atoms with Crippen molar-refractivity contribution in [3.63, 3.8) is 0 Å². The molecule has 0 saturated carbocycles. The Bertz CT molecular complexity index is 1290. The molecule has 0 saturated heterocycles. The quantitative estimate of drug-likeness (QED) is 0.331. The molecule has 1 aliphatic heterocycles. The molecular formula is C27H22N2O4. The number of carbonyl (C=O) groups is 1. The molecule has 6 nitrogen and oxygen atoms in total. The second-order valence-electron chi connectivity index (χ2n) is 7.55. The average molecular weight is 438 g/mol. The molecule has 164 valence electrons. The topological polar surface area (TPSA) is 94.6 Å². The maximum Gasteiger partial charge on any atom is 0.343 e. The Morgan fingerprint density at radius 1 is 1.15 bits per heavy atom. The van der Waals surface area contributed by atoms with Crippen molar-refractivity contribution in [2.24, 2.45) is 5.73 Å². The second kappa shape index (κ2) is 9.33. The number of rotatable bonds is 6. The molecule has 1 aliphatic rings. The third-order valence-corrected chi connectivity index (χ3v) is 5.25. The van der Waals surface area contributed by atoms with Crippen molar-refractivity contribution in [2.75, 3.05) is 6.61 Å². The van der Waals surface area contributed by atoms with Gasteiger partial charge in [0.15, 0.2) is 0 Å². The zero-order chi connectivity index (χ0) is 23.4. The van der Waals surface area contributed by atoms with Gasteiger partial charge in [0.25, 0.3) is 0 Å². The van der Waals surface area contributed by atoms with Gasteiger partial charge in [-0.1, -0.05) is 48.6 Å². The summed E-state index contributed by atoms with van der Waals surface area (Å²) in [5.74, 6) is 0.468. The minimum Gasteiger partial charge on any atom is -0.490 e. The van der Waals surface area contributed by atoms with Gasteiger partial charge in [0.05, 0.1) is 11.5 Å². The van der Waals surface area contributed by atoms with Gasteiger partial charge < -0.3 is 19.9 Å². The minimum absolute atomic E-state index is 0.00873. The average Bonchev–Trinajstić information content (AvgIpc) is 2.82. The SMILES string of the molecule is C=CCOc1cccc(C2C(C#N)=C(N)Oc3cc(OC(=O)c4ccc(C)cc4)ccc32)c1. The smallest absolute Gasteiger partial charge is 0.343 e. The Labute approximate surface area is 192 Å². The first-order valence-corrected chi connectivity index (χ1v) is 10.3. The number of nitriles is 1. The molecule has 1 atom stereocenters. The molecule has 1 heterocycles. The first-order valence-electron chi connectivity index (χ1n) is 10.3. The van der Waals surface area contributed by atoms with Gasteiger partial charge >= 0.3 is 5.97 Å². The van der Waals surface area contributed by atoms with Crippen molar-refractivity contribution in [3.8, 4) is 23.3 Å². The van der Waals surface area contributed by atoms with Crippen LogP contribution in [0.3, 0.4) is 0 Å². The number of hydrogen-bond donors (Lipinski definition) is 1. The summed E-state index contributed by atoms with van der Waals surface area (Å²) in [6, 6.07) is 21.8.